The molecule has 1 saturated heterocycles. The number of aromatic nitrogens is 3. The molecule has 2 rings (SSSR count). The summed E-state index contributed by atoms with van der Waals surface area (Å²) < 4.78 is 0. The first-order valence-electron chi connectivity index (χ1n) is 6.78. The van der Waals surface area contributed by atoms with Crippen LogP contribution in [0.2, 0.25) is 0 Å². The molecule has 3 N–H and O–H groups in total. The first-order chi connectivity index (χ1) is 9.60. The van der Waals surface area contributed by atoms with Crippen molar-refractivity contribution in [2.75, 3.05) is 49.3 Å². The lowest BCUT2D eigenvalue weighted by Gasteiger charge is -2.20. The van der Waals surface area contributed by atoms with E-state index in [1.54, 1.807) is 7.05 Å². The van der Waals surface area contributed by atoms with Gasteiger partial charge in [-0.2, -0.15) is 15.0 Å². The first-order valence-corrected chi connectivity index (χ1v) is 6.78. The van der Waals surface area contributed by atoms with Crippen LogP contribution in [0.1, 0.15) is 19.3 Å². The summed E-state index contributed by atoms with van der Waals surface area (Å²) in [6.45, 7) is 2.43. The first kappa shape index (κ1) is 14.3. The molecule has 1 aromatic heterocycles. The van der Waals surface area contributed by atoms with Gasteiger partial charge >= 0.3 is 0 Å². The summed E-state index contributed by atoms with van der Waals surface area (Å²) in [7, 11) is 3.46. The van der Waals surface area contributed by atoms with E-state index < -0.39 is 0 Å². The Kier molecular flexibility index (Phi) is 4.54. The molecule has 0 saturated carbocycles. The van der Waals surface area contributed by atoms with E-state index in [2.05, 4.69) is 25.2 Å². The summed E-state index contributed by atoms with van der Waals surface area (Å²) in [4.78, 5) is 27.9. The molecule has 0 aliphatic carbocycles. The molecule has 0 atom stereocenters. The van der Waals surface area contributed by atoms with Gasteiger partial charge in [0.05, 0.1) is 0 Å². The number of carbonyl (C=O) groups excluding carboxylic acids is 1. The molecular weight excluding hydrogens is 258 g/mol. The van der Waals surface area contributed by atoms with Gasteiger partial charge in [-0.25, -0.2) is 0 Å². The van der Waals surface area contributed by atoms with E-state index in [0.29, 0.717) is 24.9 Å². The Morgan fingerprint density at radius 3 is 2.70 bits per heavy atom. The summed E-state index contributed by atoms with van der Waals surface area (Å²) in [5, 5.41) is 2.59. The average Bonchev–Trinajstić information content (AvgIpc) is 2.97. The third-order valence-corrected chi connectivity index (χ3v) is 3.31. The Bertz CT molecular complexity index is 473. The summed E-state index contributed by atoms with van der Waals surface area (Å²) in [5.74, 6) is 1.32. The lowest BCUT2D eigenvalue weighted by atomic mass is 10.4. The molecule has 8 heteroatoms. The van der Waals surface area contributed by atoms with Gasteiger partial charge in [0.1, 0.15) is 0 Å². The summed E-state index contributed by atoms with van der Waals surface area (Å²) in [5.41, 5.74) is 5.75. The maximum atomic E-state index is 11.3. The van der Waals surface area contributed by atoms with Crippen molar-refractivity contribution in [1.82, 2.24) is 20.3 Å². The van der Waals surface area contributed by atoms with Gasteiger partial charge in [-0.05, 0) is 12.8 Å². The zero-order valence-electron chi connectivity index (χ0n) is 12.0. The van der Waals surface area contributed by atoms with Crippen molar-refractivity contribution < 1.29 is 4.79 Å². The average molecular weight is 279 g/mol. The van der Waals surface area contributed by atoms with Gasteiger partial charge in [0.15, 0.2) is 0 Å². The molecular formula is C12H21N7O. The van der Waals surface area contributed by atoms with Crippen LogP contribution in [-0.4, -0.2) is 54.6 Å². The zero-order chi connectivity index (χ0) is 14.5. The smallest absolute Gasteiger partial charge is 0.231 e. The zero-order valence-corrected chi connectivity index (χ0v) is 12.0. The molecule has 0 unspecified atom stereocenters. The number of amides is 1. The predicted molar refractivity (Wildman–Crippen MR) is 77.6 cm³/mol. The second-order valence-corrected chi connectivity index (χ2v) is 4.83. The number of hydrogen-bond acceptors (Lipinski definition) is 7. The van der Waals surface area contributed by atoms with Crippen LogP contribution in [0, 0.1) is 0 Å². The fourth-order valence-corrected chi connectivity index (χ4v) is 2.09. The normalized spacial score (nSPS) is 14.4. The summed E-state index contributed by atoms with van der Waals surface area (Å²) >= 11 is 0. The summed E-state index contributed by atoms with van der Waals surface area (Å²) in [6.07, 6.45) is 2.68. The standard InChI is InChI=1S/C12H21N7O/c1-14-9(20)5-8-18(2)11-15-10(13)16-12(17-11)19-6-3-4-7-19/h3-8H2,1-2H3,(H,14,20)(H2,13,15,16,17). The molecule has 0 bridgehead atoms. The van der Waals surface area contributed by atoms with Crippen molar-refractivity contribution in [1.29, 1.82) is 0 Å². The van der Waals surface area contributed by atoms with Gasteiger partial charge < -0.3 is 20.9 Å². The van der Waals surface area contributed by atoms with Crippen LogP contribution in [0.3, 0.4) is 0 Å². The minimum atomic E-state index is -0.0151. The predicted octanol–water partition coefficient (Wildman–Crippen LogP) is -0.374. The molecule has 0 radical (unpaired) electrons. The van der Waals surface area contributed by atoms with Crippen LogP contribution in [0.15, 0.2) is 0 Å². The Hall–Kier alpha value is -2.12. The van der Waals surface area contributed by atoms with Crippen molar-refractivity contribution in [2.45, 2.75) is 19.3 Å². The van der Waals surface area contributed by atoms with Gasteiger partial charge in [0.25, 0.3) is 0 Å². The molecule has 8 nitrogen and oxygen atoms in total. The fraction of sp³-hybridized carbons (Fsp3) is 0.667. The topological polar surface area (TPSA) is 100 Å². The molecule has 0 aromatic carbocycles. The number of nitrogens with two attached hydrogens (primary N) is 1. The van der Waals surface area contributed by atoms with E-state index in [0.717, 1.165) is 25.9 Å². The quantitative estimate of drug-likeness (QED) is 0.758. The lowest BCUT2D eigenvalue weighted by Crippen LogP contribution is -2.29. The maximum absolute atomic E-state index is 11.3. The fourth-order valence-electron chi connectivity index (χ4n) is 2.09. The molecule has 20 heavy (non-hydrogen) atoms. The third-order valence-electron chi connectivity index (χ3n) is 3.31. The number of hydrogen-bond donors (Lipinski definition) is 2. The lowest BCUT2D eigenvalue weighted by molar-refractivity contribution is -0.120. The Balaban J connectivity index is 2.08. The number of nitrogens with zero attached hydrogens (tertiary/aromatic N) is 5. The van der Waals surface area contributed by atoms with Crippen molar-refractivity contribution in [2.24, 2.45) is 0 Å². The van der Waals surface area contributed by atoms with E-state index >= 15 is 0 Å². The van der Waals surface area contributed by atoms with Gasteiger partial charge in [-0.1, -0.05) is 0 Å². The van der Waals surface area contributed by atoms with Crippen molar-refractivity contribution in [3.63, 3.8) is 0 Å². The van der Waals surface area contributed by atoms with Gasteiger partial charge in [0.2, 0.25) is 23.8 Å². The highest BCUT2D eigenvalue weighted by molar-refractivity contribution is 5.76. The molecule has 2 heterocycles. The number of anilines is 3. The molecule has 1 amide bonds. The minimum Gasteiger partial charge on any atom is -0.368 e. The number of rotatable bonds is 5. The highest BCUT2D eigenvalue weighted by Gasteiger charge is 2.18. The SMILES string of the molecule is CNC(=O)CCN(C)c1nc(N)nc(N2CCCC2)n1. The van der Waals surface area contributed by atoms with Crippen LogP contribution in [0.25, 0.3) is 0 Å². The van der Waals surface area contributed by atoms with Crippen LogP contribution in [0.4, 0.5) is 17.8 Å². The molecule has 110 valence electrons. The maximum Gasteiger partial charge on any atom is 0.231 e. The Morgan fingerprint density at radius 2 is 2.05 bits per heavy atom. The molecule has 1 aliphatic heterocycles. The van der Waals surface area contributed by atoms with Gasteiger partial charge in [-0.15, -0.1) is 0 Å². The monoisotopic (exact) mass is 279 g/mol. The van der Waals surface area contributed by atoms with Crippen LogP contribution >= 0.6 is 0 Å². The summed E-state index contributed by atoms with van der Waals surface area (Å²) in [6, 6.07) is 0. The second kappa shape index (κ2) is 6.36. The van der Waals surface area contributed by atoms with Gasteiger partial charge in [-0.3, -0.25) is 4.79 Å². The number of carbonyl (C=O) groups is 1. The van der Waals surface area contributed by atoms with Crippen molar-refractivity contribution >= 4 is 23.8 Å². The number of nitrogens with one attached hydrogen (secondary N) is 1. The molecule has 1 fully saturated rings. The van der Waals surface area contributed by atoms with E-state index in [-0.39, 0.29) is 11.9 Å². The van der Waals surface area contributed by atoms with E-state index in [1.165, 1.54) is 0 Å². The van der Waals surface area contributed by atoms with Crippen molar-refractivity contribution in [3.05, 3.63) is 0 Å². The largest absolute Gasteiger partial charge is 0.368 e. The van der Waals surface area contributed by atoms with E-state index in [9.17, 15) is 4.79 Å². The molecule has 0 spiro atoms. The molecule has 1 aliphatic rings. The van der Waals surface area contributed by atoms with Crippen LogP contribution in [-0.2, 0) is 4.79 Å². The Morgan fingerprint density at radius 1 is 1.35 bits per heavy atom. The van der Waals surface area contributed by atoms with Gasteiger partial charge in [0, 0.05) is 40.2 Å². The van der Waals surface area contributed by atoms with E-state index in [4.69, 9.17) is 5.73 Å². The van der Waals surface area contributed by atoms with Crippen LogP contribution in [0.5, 0.6) is 0 Å². The van der Waals surface area contributed by atoms with E-state index in [1.807, 2.05) is 11.9 Å². The van der Waals surface area contributed by atoms with Crippen LogP contribution < -0.4 is 20.9 Å². The third kappa shape index (κ3) is 3.46. The molecule has 1 aromatic rings. The highest BCUT2D eigenvalue weighted by atomic mass is 16.1. The minimum absolute atomic E-state index is 0.0151. The highest BCUT2D eigenvalue weighted by Crippen LogP contribution is 2.18. The number of nitrogen functional groups attached to an aromatic ring is 1. The Labute approximate surface area is 118 Å². The second-order valence-electron chi connectivity index (χ2n) is 4.83. The van der Waals surface area contributed by atoms with Crippen molar-refractivity contribution in [3.8, 4) is 0 Å².